The standard InChI is InChI=1S/C11H14F3N3O4S/c1-8-2-3-10(21-8)17-5-4-16(6-9(17)18)22(19,20)15-7-11(12,13)14/h2-3,15H,4-7H2,1H3. The van der Waals surface area contributed by atoms with Crippen LogP contribution in [0.2, 0.25) is 0 Å². The molecule has 1 amide bonds. The Morgan fingerprint density at radius 1 is 1.32 bits per heavy atom. The van der Waals surface area contributed by atoms with Crippen LogP contribution in [0.4, 0.5) is 19.1 Å². The van der Waals surface area contributed by atoms with Gasteiger partial charge in [0.2, 0.25) is 11.8 Å². The highest BCUT2D eigenvalue weighted by Crippen LogP contribution is 2.21. The molecule has 0 aliphatic carbocycles. The molecule has 0 radical (unpaired) electrons. The molecule has 0 atom stereocenters. The summed E-state index contributed by atoms with van der Waals surface area (Å²) in [7, 11) is -4.36. The minimum Gasteiger partial charge on any atom is -0.445 e. The smallest absolute Gasteiger partial charge is 0.402 e. The van der Waals surface area contributed by atoms with Crippen LogP contribution in [-0.4, -0.2) is 51.0 Å². The molecule has 1 fully saturated rings. The quantitative estimate of drug-likeness (QED) is 0.871. The third kappa shape index (κ3) is 3.99. The molecule has 0 saturated carbocycles. The minimum absolute atomic E-state index is 0.00128. The molecule has 1 saturated heterocycles. The fourth-order valence-electron chi connectivity index (χ4n) is 1.92. The molecule has 0 spiro atoms. The van der Waals surface area contributed by atoms with Crippen LogP contribution in [0.25, 0.3) is 0 Å². The number of anilines is 1. The minimum atomic E-state index is -4.66. The first-order chi connectivity index (χ1) is 10.1. The molecule has 11 heteroatoms. The van der Waals surface area contributed by atoms with E-state index in [2.05, 4.69) is 0 Å². The van der Waals surface area contributed by atoms with Crippen LogP contribution < -0.4 is 9.62 Å². The molecule has 0 aromatic carbocycles. The number of hydrogen-bond donors (Lipinski definition) is 1. The molecule has 1 N–H and O–H groups in total. The molecule has 0 unspecified atom stereocenters. The van der Waals surface area contributed by atoms with Crippen molar-refractivity contribution in [3.05, 3.63) is 17.9 Å². The van der Waals surface area contributed by atoms with Gasteiger partial charge in [-0.25, -0.2) is 0 Å². The first-order valence-corrected chi connectivity index (χ1v) is 7.71. The number of carbonyl (C=O) groups is 1. The van der Waals surface area contributed by atoms with Crippen molar-refractivity contribution in [1.29, 1.82) is 0 Å². The summed E-state index contributed by atoms with van der Waals surface area (Å²) in [5, 5.41) is 0. The number of hydrogen-bond acceptors (Lipinski definition) is 4. The molecule has 2 rings (SSSR count). The van der Waals surface area contributed by atoms with Crippen molar-refractivity contribution in [2.75, 3.05) is 31.1 Å². The van der Waals surface area contributed by atoms with E-state index < -0.39 is 35.4 Å². The second-order valence-electron chi connectivity index (χ2n) is 4.70. The molecule has 1 aliphatic rings. The second-order valence-corrected chi connectivity index (χ2v) is 6.46. The van der Waals surface area contributed by atoms with Crippen LogP contribution >= 0.6 is 0 Å². The summed E-state index contributed by atoms with van der Waals surface area (Å²) in [6.45, 7) is -0.665. The number of aryl methyl sites for hydroxylation is 1. The predicted molar refractivity (Wildman–Crippen MR) is 70.3 cm³/mol. The predicted octanol–water partition coefficient (Wildman–Crippen LogP) is 0.633. The average Bonchev–Trinajstić information content (AvgIpc) is 2.82. The Hall–Kier alpha value is -1.59. The van der Waals surface area contributed by atoms with Crippen LogP contribution in [0.5, 0.6) is 0 Å². The third-order valence-corrected chi connectivity index (χ3v) is 4.47. The van der Waals surface area contributed by atoms with E-state index >= 15 is 0 Å². The second kappa shape index (κ2) is 5.89. The largest absolute Gasteiger partial charge is 0.445 e. The zero-order valence-electron chi connectivity index (χ0n) is 11.6. The normalized spacial score (nSPS) is 18.0. The van der Waals surface area contributed by atoms with Crippen molar-refractivity contribution in [1.82, 2.24) is 9.03 Å². The zero-order valence-corrected chi connectivity index (χ0v) is 12.4. The number of rotatable bonds is 4. The van der Waals surface area contributed by atoms with E-state index in [1.807, 2.05) is 0 Å². The lowest BCUT2D eigenvalue weighted by atomic mass is 10.3. The van der Waals surface area contributed by atoms with E-state index in [0.29, 0.717) is 10.1 Å². The number of alkyl halides is 3. The van der Waals surface area contributed by atoms with Gasteiger partial charge >= 0.3 is 6.18 Å². The number of furan rings is 1. The molecule has 7 nitrogen and oxygen atoms in total. The summed E-state index contributed by atoms with van der Waals surface area (Å²) < 4.78 is 67.1. The lowest BCUT2D eigenvalue weighted by Crippen LogP contribution is -2.55. The maximum atomic E-state index is 12.1. The van der Waals surface area contributed by atoms with Gasteiger partial charge in [-0.3, -0.25) is 9.69 Å². The van der Waals surface area contributed by atoms with Crippen LogP contribution in [-0.2, 0) is 15.0 Å². The summed E-state index contributed by atoms with van der Waals surface area (Å²) in [5.41, 5.74) is 0. The highest BCUT2D eigenvalue weighted by atomic mass is 32.2. The highest BCUT2D eigenvalue weighted by molar-refractivity contribution is 7.87. The number of carbonyl (C=O) groups excluding carboxylic acids is 1. The van der Waals surface area contributed by atoms with Gasteiger partial charge in [0.15, 0.2) is 0 Å². The van der Waals surface area contributed by atoms with Gasteiger partial charge < -0.3 is 4.42 Å². The Bertz CT molecular complexity index is 656. The van der Waals surface area contributed by atoms with E-state index in [9.17, 15) is 26.4 Å². The Balaban J connectivity index is 2.02. The van der Waals surface area contributed by atoms with E-state index in [1.54, 1.807) is 19.1 Å². The van der Waals surface area contributed by atoms with E-state index in [1.165, 1.54) is 9.62 Å². The van der Waals surface area contributed by atoms with Gasteiger partial charge in [0, 0.05) is 19.2 Å². The topological polar surface area (TPSA) is 82.9 Å². The number of amides is 1. The van der Waals surface area contributed by atoms with Crippen molar-refractivity contribution in [3.63, 3.8) is 0 Å². The highest BCUT2D eigenvalue weighted by Gasteiger charge is 2.36. The first kappa shape index (κ1) is 16.8. The molecule has 0 bridgehead atoms. The average molecular weight is 341 g/mol. The molecular formula is C11H14F3N3O4S. The SMILES string of the molecule is Cc1ccc(N2CCN(S(=O)(=O)NCC(F)(F)F)CC2=O)o1. The zero-order chi connectivity index (χ0) is 16.5. The van der Waals surface area contributed by atoms with Gasteiger partial charge in [0.25, 0.3) is 10.2 Å². The van der Waals surface area contributed by atoms with E-state index in [4.69, 9.17) is 4.42 Å². The molecule has 124 valence electrons. The molecule has 2 heterocycles. The van der Waals surface area contributed by atoms with Gasteiger partial charge in [0.1, 0.15) is 12.3 Å². The Labute approximate surface area is 124 Å². The van der Waals surface area contributed by atoms with Crippen molar-refractivity contribution in [3.8, 4) is 0 Å². The molecule has 1 aliphatic heterocycles. The number of nitrogens with zero attached hydrogens (tertiary/aromatic N) is 2. The summed E-state index contributed by atoms with van der Waals surface area (Å²) >= 11 is 0. The Morgan fingerprint density at radius 2 is 2.00 bits per heavy atom. The lowest BCUT2D eigenvalue weighted by Gasteiger charge is -2.32. The molecular weight excluding hydrogens is 327 g/mol. The van der Waals surface area contributed by atoms with Gasteiger partial charge in [-0.1, -0.05) is 0 Å². The van der Waals surface area contributed by atoms with Crippen LogP contribution in [0.1, 0.15) is 5.76 Å². The van der Waals surface area contributed by atoms with Crippen LogP contribution in [0, 0.1) is 6.92 Å². The first-order valence-electron chi connectivity index (χ1n) is 6.27. The Kier molecular flexibility index (Phi) is 4.49. The summed E-state index contributed by atoms with van der Waals surface area (Å²) in [5.74, 6) is 0.297. The van der Waals surface area contributed by atoms with Crippen molar-refractivity contribution >= 4 is 22.0 Å². The van der Waals surface area contributed by atoms with Gasteiger partial charge in [-0.15, -0.1) is 0 Å². The monoisotopic (exact) mass is 341 g/mol. The Morgan fingerprint density at radius 3 is 2.50 bits per heavy atom. The van der Waals surface area contributed by atoms with Crippen molar-refractivity contribution < 1.29 is 30.8 Å². The molecule has 1 aromatic heterocycles. The van der Waals surface area contributed by atoms with Gasteiger partial charge in [-0.2, -0.15) is 30.6 Å². The van der Waals surface area contributed by atoms with Gasteiger partial charge in [0.05, 0.1) is 6.54 Å². The number of halogens is 3. The summed E-state index contributed by atoms with van der Waals surface area (Å²) in [4.78, 5) is 13.2. The fraction of sp³-hybridized carbons (Fsp3) is 0.545. The maximum Gasteiger partial charge on any atom is 0.402 e. The van der Waals surface area contributed by atoms with Crippen molar-refractivity contribution in [2.24, 2.45) is 0 Å². The van der Waals surface area contributed by atoms with Crippen molar-refractivity contribution in [2.45, 2.75) is 13.1 Å². The number of piperazine rings is 1. The molecule has 22 heavy (non-hydrogen) atoms. The maximum absolute atomic E-state index is 12.1. The van der Waals surface area contributed by atoms with E-state index in [-0.39, 0.29) is 19.0 Å². The lowest BCUT2D eigenvalue weighted by molar-refractivity contribution is -0.121. The summed E-state index contributed by atoms with van der Waals surface area (Å²) in [6, 6.07) is 3.22. The fourth-order valence-corrected chi connectivity index (χ4v) is 3.05. The number of nitrogens with one attached hydrogen (secondary N) is 1. The molecule has 1 aromatic rings. The summed E-state index contributed by atoms with van der Waals surface area (Å²) in [6.07, 6.45) is -4.66. The van der Waals surface area contributed by atoms with Crippen LogP contribution in [0.3, 0.4) is 0 Å². The van der Waals surface area contributed by atoms with Crippen LogP contribution in [0.15, 0.2) is 16.5 Å². The van der Waals surface area contributed by atoms with E-state index in [0.717, 1.165) is 0 Å². The van der Waals surface area contributed by atoms with Gasteiger partial charge in [-0.05, 0) is 13.0 Å². The third-order valence-electron chi connectivity index (χ3n) is 2.97.